The highest BCUT2D eigenvalue weighted by atomic mass is 16.4. The summed E-state index contributed by atoms with van der Waals surface area (Å²) in [6, 6.07) is 0. The molecule has 0 saturated heterocycles. The Morgan fingerprint density at radius 1 is 1.50 bits per heavy atom. The minimum absolute atomic E-state index is 0.397. The first-order chi connectivity index (χ1) is 5.86. The van der Waals surface area contributed by atoms with Crippen molar-refractivity contribution >= 4 is 0 Å². The van der Waals surface area contributed by atoms with Crippen LogP contribution in [0.1, 0.15) is 37.8 Å². The molecule has 1 aromatic heterocycles. The lowest BCUT2D eigenvalue weighted by Gasteiger charge is -1.93. The van der Waals surface area contributed by atoms with Gasteiger partial charge < -0.3 is 10.2 Å². The van der Waals surface area contributed by atoms with Gasteiger partial charge in [-0.3, -0.25) is 0 Å². The second-order valence-electron chi connectivity index (χ2n) is 2.88. The van der Waals surface area contributed by atoms with Crippen LogP contribution < -0.4 is 5.73 Å². The van der Waals surface area contributed by atoms with Crippen LogP contribution in [0.25, 0.3) is 0 Å². The largest absolute Gasteiger partial charge is 0.444 e. The van der Waals surface area contributed by atoms with E-state index in [0.29, 0.717) is 12.4 Å². The standard InChI is InChI=1S/C9H16N2O/c1-2-3-4-5-8-7-11-9(6-10)12-8/h7H,2-6,10H2,1H3. The quantitative estimate of drug-likeness (QED) is 0.683. The molecule has 0 fully saturated rings. The fourth-order valence-electron chi connectivity index (χ4n) is 1.11. The van der Waals surface area contributed by atoms with E-state index in [1.165, 1.54) is 19.3 Å². The Balaban J connectivity index is 2.31. The highest BCUT2D eigenvalue weighted by Crippen LogP contribution is 2.07. The number of nitrogens with two attached hydrogens (primary N) is 1. The van der Waals surface area contributed by atoms with Crippen LogP contribution in [0.2, 0.25) is 0 Å². The Labute approximate surface area is 73.0 Å². The van der Waals surface area contributed by atoms with Crippen molar-refractivity contribution in [3.8, 4) is 0 Å². The second kappa shape index (κ2) is 4.93. The van der Waals surface area contributed by atoms with Gasteiger partial charge in [-0.15, -0.1) is 0 Å². The van der Waals surface area contributed by atoms with Crippen LogP contribution in [0.4, 0.5) is 0 Å². The average molecular weight is 168 g/mol. The van der Waals surface area contributed by atoms with Gasteiger partial charge in [-0.05, 0) is 6.42 Å². The van der Waals surface area contributed by atoms with Crippen LogP contribution in [0.15, 0.2) is 10.6 Å². The Kier molecular flexibility index (Phi) is 3.80. The SMILES string of the molecule is CCCCCc1cnc(CN)o1. The predicted octanol–water partition coefficient (Wildman–Crippen LogP) is 1.87. The zero-order valence-electron chi connectivity index (χ0n) is 7.55. The van der Waals surface area contributed by atoms with E-state index in [1.54, 1.807) is 6.20 Å². The van der Waals surface area contributed by atoms with Crippen molar-refractivity contribution in [3.63, 3.8) is 0 Å². The van der Waals surface area contributed by atoms with Crippen molar-refractivity contribution in [2.75, 3.05) is 0 Å². The maximum atomic E-state index is 5.36. The number of hydrogen-bond acceptors (Lipinski definition) is 3. The molecule has 0 aliphatic carbocycles. The molecular formula is C9H16N2O. The Morgan fingerprint density at radius 3 is 2.92 bits per heavy atom. The third-order valence-corrected chi connectivity index (χ3v) is 1.80. The van der Waals surface area contributed by atoms with E-state index in [4.69, 9.17) is 10.2 Å². The van der Waals surface area contributed by atoms with E-state index in [9.17, 15) is 0 Å². The van der Waals surface area contributed by atoms with Gasteiger partial charge >= 0.3 is 0 Å². The van der Waals surface area contributed by atoms with Crippen molar-refractivity contribution in [2.24, 2.45) is 5.73 Å². The minimum Gasteiger partial charge on any atom is -0.444 e. The molecule has 1 rings (SSSR count). The van der Waals surface area contributed by atoms with E-state index < -0.39 is 0 Å². The van der Waals surface area contributed by atoms with E-state index in [1.807, 2.05) is 0 Å². The van der Waals surface area contributed by atoms with Crippen molar-refractivity contribution in [1.29, 1.82) is 0 Å². The number of unbranched alkanes of at least 4 members (excludes halogenated alkanes) is 2. The summed E-state index contributed by atoms with van der Waals surface area (Å²) < 4.78 is 5.34. The van der Waals surface area contributed by atoms with Gasteiger partial charge in [0.1, 0.15) is 5.76 Å². The van der Waals surface area contributed by atoms with Crippen LogP contribution >= 0.6 is 0 Å². The van der Waals surface area contributed by atoms with Gasteiger partial charge in [-0.1, -0.05) is 19.8 Å². The minimum atomic E-state index is 0.397. The fourth-order valence-corrected chi connectivity index (χ4v) is 1.11. The molecule has 0 atom stereocenters. The number of aryl methyl sites for hydroxylation is 1. The number of nitrogens with zero attached hydrogens (tertiary/aromatic N) is 1. The number of rotatable bonds is 5. The van der Waals surface area contributed by atoms with Crippen molar-refractivity contribution in [1.82, 2.24) is 4.98 Å². The molecule has 1 aromatic rings. The van der Waals surface area contributed by atoms with Crippen molar-refractivity contribution in [2.45, 2.75) is 39.2 Å². The molecule has 2 N–H and O–H groups in total. The molecule has 0 radical (unpaired) electrons. The van der Waals surface area contributed by atoms with E-state index >= 15 is 0 Å². The van der Waals surface area contributed by atoms with Crippen LogP contribution in [0, 0.1) is 0 Å². The van der Waals surface area contributed by atoms with E-state index in [-0.39, 0.29) is 0 Å². The molecule has 0 aromatic carbocycles. The Morgan fingerprint density at radius 2 is 2.33 bits per heavy atom. The zero-order valence-corrected chi connectivity index (χ0v) is 7.55. The topological polar surface area (TPSA) is 52.0 Å². The van der Waals surface area contributed by atoms with Gasteiger partial charge in [0.05, 0.1) is 12.7 Å². The normalized spacial score (nSPS) is 10.5. The third kappa shape index (κ3) is 2.66. The first-order valence-corrected chi connectivity index (χ1v) is 4.50. The average Bonchev–Trinajstić information content (AvgIpc) is 2.53. The van der Waals surface area contributed by atoms with Crippen LogP contribution in [0.5, 0.6) is 0 Å². The zero-order chi connectivity index (χ0) is 8.81. The fraction of sp³-hybridized carbons (Fsp3) is 0.667. The third-order valence-electron chi connectivity index (χ3n) is 1.80. The summed E-state index contributed by atoms with van der Waals surface area (Å²) >= 11 is 0. The van der Waals surface area contributed by atoms with Crippen LogP contribution in [0.3, 0.4) is 0 Å². The molecular weight excluding hydrogens is 152 g/mol. The lowest BCUT2D eigenvalue weighted by atomic mass is 10.2. The molecule has 0 bridgehead atoms. The number of aromatic nitrogens is 1. The van der Waals surface area contributed by atoms with Crippen LogP contribution in [-0.2, 0) is 13.0 Å². The number of hydrogen-bond donors (Lipinski definition) is 1. The predicted molar refractivity (Wildman–Crippen MR) is 47.6 cm³/mol. The summed E-state index contributed by atoms with van der Waals surface area (Å²) in [6.07, 6.45) is 6.42. The summed E-state index contributed by atoms with van der Waals surface area (Å²) in [5, 5.41) is 0. The molecule has 68 valence electrons. The molecule has 3 heteroatoms. The van der Waals surface area contributed by atoms with Crippen molar-refractivity contribution < 1.29 is 4.42 Å². The molecule has 0 saturated carbocycles. The Bertz CT molecular complexity index is 220. The molecule has 0 unspecified atom stereocenters. The summed E-state index contributed by atoms with van der Waals surface area (Å²) in [5.41, 5.74) is 5.36. The highest BCUT2D eigenvalue weighted by Gasteiger charge is 2.00. The smallest absolute Gasteiger partial charge is 0.208 e. The van der Waals surface area contributed by atoms with Crippen LogP contribution in [-0.4, -0.2) is 4.98 Å². The van der Waals surface area contributed by atoms with Gasteiger partial charge in [-0.25, -0.2) is 4.98 Å². The molecule has 12 heavy (non-hydrogen) atoms. The monoisotopic (exact) mass is 168 g/mol. The van der Waals surface area contributed by atoms with Gasteiger partial charge in [0, 0.05) is 6.42 Å². The van der Waals surface area contributed by atoms with E-state index in [0.717, 1.165) is 12.2 Å². The lowest BCUT2D eigenvalue weighted by Crippen LogP contribution is -1.95. The highest BCUT2D eigenvalue weighted by molar-refractivity contribution is 4.93. The molecule has 1 heterocycles. The molecule has 0 aliphatic rings. The molecule has 0 aliphatic heterocycles. The van der Waals surface area contributed by atoms with Gasteiger partial charge in [0.15, 0.2) is 0 Å². The summed E-state index contributed by atoms with van der Waals surface area (Å²) in [6.45, 7) is 2.58. The van der Waals surface area contributed by atoms with Gasteiger partial charge in [-0.2, -0.15) is 0 Å². The first-order valence-electron chi connectivity index (χ1n) is 4.50. The summed E-state index contributed by atoms with van der Waals surface area (Å²) in [4.78, 5) is 4.02. The maximum absolute atomic E-state index is 5.36. The molecule has 0 amide bonds. The van der Waals surface area contributed by atoms with Gasteiger partial charge in [0.25, 0.3) is 0 Å². The lowest BCUT2D eigenvalue weighted by molar-refractivity contribution is 0.449. The first kappa shape index (κ1) is 9.26. The molecule has 0 spiro atoms. The second-order valence-corrected chi connectivity index (χ2v) is 2.88. The number of oxazole rings is 1. The van der Waals surface area contributed by atoms with Gasteiger partial charge in [0.2, 0.25) is 5.89 Å². The summed E-state index contributed by atoms with van der Waals surface area (Å²) in [7, 11) is 0. The summed E-state index contributed by atoms with van der Waals surface area (Å²) in [5.74, 6) is 1.60. The van der Waals surface area contributed by atoms with Crippen molar-refractivity contribution in [3.05, 3.63) is 17.8 Å². The Hall–Kier alpha value is -0.830. The maximum Gasteiger partial charge on any atom is 0.208 e. The van der Waals surface area contributed by atoms with E-state index in [2.05, 4.69) is 11.9 Å². The molecule has 3 nitrogen and oxygen atoms in total.